The van der Waals surface area contributed by atoms with E-state index in [1.165, 1.54) is 22.3 Å². The van der Waals surface area contributed by atoms with Crippen molar-refractivity contribution < 1.29 is 4.74 Å². The maximum Gasteiger partial charge on any atom is 0.122 e. The highest BCUT2D eigenvalue weighted by atomic mass is 32.1. The van der Waals surface area contributed by atoms with E-state index in [0.29, 0.717) is 17.5 Å². The van der Waals surface area contributed by atoms with E-state index in [2.05, 4.69) is 33.8 Å². The van der Waals surface area contributed by atoms with E-state index in [9.17, 15) is 0 Å². The number of thiocarbonyl (C=S) groups is 1. The van der Waals surface area contributed by atoms with Gasteiger partial charge in [0, 0.05) is 6.42 Å². The van der Waals surface area contributed by atoms with Gasteiger partial charge in [-0.1, -0.05) is 19.1 Å². The second kappa shape index (κ2) is 6.90. The standard InChI is InChI=1S/C16H25NOS/c1-6-18-15-9-11(3)14(12(4)13(15)5)7-10(2)8-16(17)19/h9-10H,6-8H2,1-5H3,(H2,17,19). The molecule has 106 valence electrons. The molecule has 0 saturated heterocycles. The highest BCUT2D eigenvalue weighted by molar-refractivity contribution is 7.80. The summed E-state index contributed by atoms with van der Waals surface area (Å²) in [7, 11) is 0. The van der Waals surface area contributed by atoms with Crippen molar-refractivity contribution in [2.45, 2.75) is 47.5 Å². The summed E-state index contributed by atoms with van der Waals surface area (Å²) in [5, 5.41) is 0. The maximum atomic E-state index is 5.68. The number of rotatable bonds is 6. The quantitative estimate of drug-likeness (QED) is 0.803. The Bertz CT molecular complexity index is 468. The summed E-state index contributed by atoms with van der Waals surface area (Å²) in [6, 6.07) is 2.15. The van der Waals surface area contributed by atoms with Gasteiger partial charge in [-0.05, 0) is 68.4 Å². The Morgan fingerprint density at radius 2 is 1.95 bits per heavy atom. The molecular weight excluding hydrogens is 254 g/mol. The SMILES string of the molecule is CCOc1cc(C)c(CC(C)CC(N)=S)c(C)c1C. The minimum absolute atomic E-state index is 0.479. The predicted octanol–water partition coefficient (Wildman–Crippen LogP) is 3.87. The summed E-state index contributed by atoms with van der Waals surface area (Å²) in [6.45, 7) is 11.4. The van der Waals surface area contributed by atoms with E-state index in [4.69, 9.17) is 22.7 Å². The summed E-state index contributed by atoms with van der Waals surface area (Å²) in [4.78, 5) is 0.602. The van der Waals surface area contributed by atoms with Crippen molar-refractivity contribution in [1.29, 1.82) is 0 Å². The number of hydrogen-bond acceptors (Lipinski definition) is 2. The summed E-state index contributed by atoms with van der Waals surface area (Å²) >= 11 is 4.99. The molecule has 0 radical (unpaired) electrons. The monoisotopic (exact) mass is 279 g/mol. The third-order valence-electron chi connectivity index (χ3n) is 3.61. The molecule has 1 aromatic rings. The Balaban J connectivity index is 3.02. The summed E-state index contributed by atoms with van der Waals surface area (Å²) in [6.07, 6.45) is 1.82. The molecule has 1 aromatic carbocycles. The minimum atomic E-state index is 0.479. The van der Waals surface area contributed by atoms with Crippen LogP contribution in [0.3, 0.4) is 0 Å². The fraction of sp³-hybridized carbons (Fsp3) is 0.562. The molecule has 3 heteroatoms. The van der Waals surface area contributed by atoms with E-state index >= 15 is 0 Å². The van der Waals surface area contributed by atoms with Gasteiger partial charge in [-0.3, -0.25) is 0 Å². The zero-order chi connectivity index (χ0) is 14.6. The molecular formula is C16H25NOS. The van der Waals surface area contributed by atoms with Crippen LogP contribution >= 0.6 is 12.2 Å². The molecule has 0 fully saturated rings. The average molecular weight is 279 g/mol. The fourth-order valence-electron chi connectivity index (χ4n) is 2.48. The van der Waals surface area contributed by atoms with Gasteiger partial charge in [0.1, 0.15) is 5.75 Å². The van der Waals surface area contributed by atoms with Gasteiger partial charge >= 0.3 is 0 Å². The summed E-state index contributed by atoms with van der Waals surface area (Å²) in [5.74, 6) is 1.48. The van der Waals surface area contributed by atoms with Crippen LogP contribution in [0.2, 0.25) is 0 Å². The largest absolute Gasteiger partial charge is 0.494 e. The first-order valence-corrected chi connectivity index (χ1v) is 7.28. The maximum absolute atomic E-state index is 5.68. The molecule has 0 aliphatic heterocycles. The van der Waals surface area contributed by atoms with Gasteiger partial charge in [-0.25, -0.2) is 0 Å². The lowest BCUT2D eigenvalue weighted by molar-refractivity contribution is 0.337. The molecule has 0 saturated carbocycles. The van der Waals surface area contributed by atoms with Crippen LogP contribution in [-0.4, -0.2) is 11.6 Å². The molecule has 2 nitrogen and oxygen atoms in total. The van der Waals surface area contributed by atoms with Gasteiger partial charge in [-0.2, -0.15) is 0 Å². The molecule has 19 heavy (non-hydrogen) atoms. The number of aryl methyl sites for hydroxylation is 1. The number of hydrogen-bond donors (Lipinski definition) is 1. The summed E-state index contributed by atoms with van der Waals surface area (Å²) in [5.41, 5.74) is 10.9. The van der Waals surface area contributed by atoms with Crippen LogP contribution in [-0.2, 0) is 6.42 Å². The van der Waals surface area contributed by atoms with Crippen molar-refractivity contribution >= 4 is 17.2 Å². The smallest absolute Gasteiger partial charge is 0.122 e. The Morgan fingerprint density at radius 3 is 2.47 bits per heavy atom. The minimum Gasteiger partial charge on any atom is -0.494 e. The summed E-state index contributed by atoms with van der Waals surface area (Å²) < 4.78 is 5.68. The fourth-order valence-corrected chi connectivity index (χ4v) is 2.77. The molecule has 0 spiro atoms. The van der Waals surface area contributed by atoms with E-state index in [1.807, 2.05) is 6.92 Å². The van der Waals surface area contributed by atoms with Gasteiger partial charge in [0.05, 0.1) is 11.6 Å². The number of ether oxygens (including phenoxy) is 1. The number of benzene rings is 1. The zero-order valence-electron chi connectivity index (χ0n) is 12.7. The van der Waals surface area contributed by atoms with Crippen molar-refractivity contribution in [3.05, 3.63) is 28.3 Å². The molecule has 1 unspecified atom stereocenters. The van der Waals surface area contributed by atoms with Gasteiger partial charge in [0.25, 0.3) is 0 Å². The Hall–Kier alpha value is -1.09. The molecule has 0 heterocycles. The lowest BCUT2D eigenvalue weighted by Crippen LogP contribution is -2.15. The number of nitrogens with two attached hydrogens (primary N) is 1. The molecule has 0 bridgehead atoms. The van der Waals surface area contributed by atoms with Crippen LogP contribution in [0.1, 0.15) is 42.5 Å². The van der Waals surface area contributed by atoms with Gasteiger partial charge < -0.3 is 10.5 Å². The Morgan fingerprint density at radius 1 is 1.32 bits per heavy atom. The molecule has 0 aliphatic carbocycles. The van der Waals surface area contributed by atoms with E-state index in [0.717, 1.165) is 18.6 Å². The first kappa shape index (κ1) is 16.0. The molecule has 1 rings (SSSR count). The zero-order valence-corrected chi connectivity index (χ0v) is 13.5. The van der Waals surface area contributed by atoms with Crippen LogP contribution in [0.15, 0.2) is 6.07 Å². The van der Waals surface area contributed by atoms with E-state index < -0.39 is 0 Å². The molecule has 0 aliphatic rings. The van der Waals surface area contributed by atoms with Crippen molar-refractivity contribution in [3.8, 4) is 5.75 Å². The van der Waals surface area contributed by atoms with Crippen molar-refractivity contribution in [1.82, 2.24) is 0 Å². The Labute approximate surface area is 122 Å². The molecule has 2 N–H and O–H groups in total. The molecule has 0 aromatic heterocycles. The lowest BCUT2D eigenvalue weighted by atomic mass is 9.89. The van der Waals surface area contributed by atoms with Crippen LogP contribution in [0, 0.1) is 26.7 Å². The first-order valence-electron chi connectivity index (χ1n) is 6.87. The third kappa shape index (κ3) is 4.20. The highest BCUT2D eigenvalue weighted by Gasteiger charge is 2.14. The topological polar surface area (TPSA) is 35.2 Å². The molecule has 0 amide bonds. The average Bonchev–Trinajstić information content (AvgIpc) is 2.31. The van der Waals surface area contributed by atoms with Crippen molar-refractivity contribution in [2.75, 3.05) is 6.61 Å². The van der Waals surface area contributed by atoms with Crippen molar-refractivity contribution in [3.63, 3.8) is 0 Å². The normalized spacial score (nSPS) is 12.3. The second-order valence-electron chi connectivity index (χ2n) is 5.33. The second-order valence-corrected chi connectivity index (χ2v) is 5.86. The lowest BCUT2D eigenvalue weighted by Gasteiger charge is -2.19. The highest BCUT2D eigenvalue weighted by Crippen LogP contribution is 2.29. The van der Waals surface area contributed by atoms with E-state index in [1.54, 1.807) is 0 Å². The molecule has 1 atom stereocenters. The van der Waals surface area contributed by atoms with Crippen molar-refractivity contribution in [2.24, 2.45) is 11.7 Å². The van der Waals surface area contributed by atoms with Gasteiger partial charge in [-0.15, -0.1) is 0 Å². The van der Waals surface area contributed by atoms with Gasteiger partial charge in [0.2, 0.25) is 0 Å². The first-order chi connectivity index (χ1) is 8.86. The van der Waals surface area contributed by atoms with Crippen LogP contribution < -0.4 is 10.5 Å². The Kier molecular flexibility index (Phi) is 5.80. The third-order valence-corrected chi connectivity index (χ3v) is 3.78. The van der Waals surface area contributed by atoms with Crippen LogP contribution in [0.5, 0.6) is 5.75 Å². The van der Waals surface area contributed by atoms with Crippen LogP contribution in [0.25, 0.3) is 0 Å². The van der Waals surface area contributed by atoms with E-state index in [-0.39, 0.29) is 0 Å². The van der Waals surface area contributed by atoms with Gasteiger partial charge in [0.15, 0.2) is 0 Å². The predicted molar refractivity (Wildman–Crippen MR) is 86.1 cm³/mol. The van der Waals surface area contributed by atoms with Crippen LogP contribution in [0.4, 0.5) is 0 Å².